The highest BCUT2D eigenvalue weighted by atomic mass is 16.5. The molecule has 1 aromatic carbocycles. The third-order valence-electron chi connectivity index (χ3n) is 10.5. The maximum absolute atomic E-state index is 12.6. The maximum Gasteiger partial charge on any atom is 0.318 e. The van der Waals surface area contributed by atoms with Gasteiger partial charge < -0.3 is 24.3 Å². The summed E-state index contributed by atoms with van der Waals surface area (Å²) in [5.41, 5.74) is 4.40. The van der Waals surface area contributed by atoms with E-state index in [4.69, 9.17) is 21.3 Å². The van der Waals surface area contributed by atoms with E-state index in [1.54, 1.807) is 4.90 Å². The zero-order chi connectivity index (χ0) is 32.4. The maximum atomic E-state index is 12.6. The molecule has 0 radical (unpaired) electrons. The Bertz CT molecular complexity index is 1630. The number of fused-ring (bicyclic) bond motifs is 2. The molecule has 0 spiro atoms. The highest BCUT2D eigenvalue weighted by Gasteiger charge is 2.35. The number of ether oxygens (including phenoxy) is 1. The molecule has 46 heavy (non-hydrogen) atoms. The summed E-state index contributed by atoms with van der Waals surface area (Å²) in [6, 6.07) is 7.19. The highest BCUT2D eigenvalue weighted by molar-refractivity contribution is 5.96. The first-order valence-corrected chi connectivity index (χ1v) is 16.6. The van der Waals surface area contributed by atoms with Crippen LogP contribution in [0.5, 0.6) is 6.01 Å². The van der Waals surface area contributed by atoms with Gasteiger partial charge in [0.2, 0.25) is 12.5 Å². The van der Waals surface area contributed by atoms with Crippen molar-refractivity contribution in [3.63, 3.8) is 0 Å². The van der Waals surface area contributed by atoms with Gasteiger partial charge in [0, 0.05) is 60.8 Å². The summed E-state index contributed by atoms with van der Waals surface area (Å²) >= 11 is 0. The van der Waals surface area contributed by atoms with Crippen molar-refractivity contribution in [2.75, 3.05) is 56.2 Å². The summed E-state index contributed by atoms with van der Waals surface area (Å²) in [6.07, 6.45) is 9.94. The van der Waals surface area contributed by atoms with Gasteiger partial charge in [0.15, 0.2) is 0 Å². The van der Waals surface area contributed by atoms with E-state index < -0.39 is 0 Å². The van der Waals surface area contributed by atoms with Crippen LogP contribution in [0, 0.1) is 19.4 Å². The lowest BCUT2D eigenvalue weighted by Gasteiger charge is -2.41. The number of carbonyl (C=O) groups excluding carboxylic acids is 1. The van der Waals surface area contributed by atoms with Crippen LogP contribution in [0.3, 0.4) is 0 Å². The van der Waals surface area contributed by atoms with E-state index in [1.165, 1.54) is 36.3 Å². The predicted molar refractivity (Wildman–Crippen MR) is 182 cm³/mol. The number of nitrogens with zero attached hydrogens (tertiary/aromatic N) is 8. The molecule has 1 saturated heterocycles. The second kappa shape index (κ2) is 13.6. The zero-order valence-electron chi connectivity index (χ0n) is 27.7. The number of likely N-dealkylation sites (N-methyl/N-ethyl adjacent to an activating group) is 1. The molecule has 0 bridgehead atoms. The number of carbonyl (C=O) groups is 1. The molecule has 3 atom stereocenters. The van der Waals surface area contributed by atoms with Gasteiger partial charge in [-0.2, -0.15) is 9.97 Å². The molecule has 2 fully saturated rings. The molecule has 1 aliphatic carbocycles. The fraction of sp³-hybridized carbons (Fsp3) is 0.528. The number of pyridine rings is 1. The van der Waals surface area contributed by atoms with Crippen molar-refractivity contribution in [1.82, 2.24) is 24.8 Å². The fourth-order valence-corrected chi connectivity index (χ4v) is 7.25. The molecule has 10 heteroatoms. The number of hydrogen-bond donors (Lipinski definition) is 0. The molecule has 0 unspecified atom stereocenters. The smallest absolute Gasteiger partial charge is 0.318 e. The summed E-state index contributed by atoms with van der Waals surface area (Å²) in [7, 11) is 2.19. The predicted octanol–water partition coefficient (Wildman–Crippen LogP) is 4.91. The molecule has 242 valence electrons. The number of aromatic nitrogens is 3. The molecule has 0 N–H and O–H groups in total. The zero-order valence-corrected chi connectivity index (χ0v) is 27.7. The van der Waals surface area contributed by atoms with Crippen LogP contribution in [0.1, 0.15) is 49.9 Å². The Morgan fingerprint density at radius 1 is 1.20 bits per heavy atom. The van der Waals surface area contributed by atoms with E-state index in [-0.39, 0.29) is 24.5 Å². The molecule has 1 amide bonds. The first-order chi connectivity index (χ1) is 22.3. The second-order valence-electron chi connectivity index (χ2n) is 13.2. The lowest BCUT2D eigenvalue weighted by Crippen LogP contribution is -2.56. The molecule has 6 rings (SSSR count). The first kappa shape index (κ1) is 31.7. The van der Waals surface area contributed by atoms with Crippen LogP contribution in [-0.2, 0) is 17.8 Å². The highest BCUT2D eigenvalue weighted by Crippen LogP contribution is 2.36. The Morgan fingerprint density at radius 2 is 2.02 bits per heavy atom. The molecular weight excluding hydrogens is 576 g/mol. The molecule has 3 aliphatic rings. The number of aryl methyl sites for hydroxylation is 1. The van der Waals surface area contributed by atoms with Crippen molar-refractivity contribution < 1.29 is 9.53 Å². The van der Waals surface area contributed by atoms with Gasteiger partial charge in [-0.3, -0.25) is 14.7 Å². The first-order valence-electron chi connectivity index (χ1n) is 16.6. The quantitative estimate of drug-likeness (QED) is 0.233. The normalized spacial score (nSPS) is 19.7. The number of benzene rings is 1. The minimum atomic E-state index is -0.238. The van der Waals surface area contributed by atoms with E-state index in [9.17, 15) is 4.79 Å². The van der Waals surface area contributed by atoms with Crippen molar-refractivity contribution in [1.29, 1.82) is 0 Å². The lowest BCUT2D eigenvalue weighted by molar-refractivity contribution is -0.128. The van der Waals surface area contributed by atoms with Crippen LogP contribution in [0.15, 0.2) is 43.2 Å². The number of rotatable bonds is 10. The molecular formula is C36H46N8O2. The molecule has 10 nitrogen and oxygen atoms in total. The Balaban J connectivity index is 1.30. The average molecular weight is 623 g/mol. The summed E-state index contributed by atoms with van der Waals surface area (Å²) in [6.45, 7) is 21.7. The SMILES string of the molecule is [C-]#[N+]C[C@H]1CN(c2nc(OC[C@H](C)N(C)[C@@H](C)C3CCC3)nc3c2CCN(c2cncc4cccc(C)c24)C3)CCN1C(=O)C=C. The third-order valence-corrected chi connectivity index (χ3v) is 10.5. The number of amides is 1. The van der Waals surface area contributed by atoms with Gasteiger partial charge in [0.25, 0.3) is 0 Å². The van der Waals surface area contributed by atoms with Gasteiger partial charge in [-0.1, -0.05) is 31.2 Å². The Morgan fingerprint density at radius 3 is 2.76 bits per heavy atom. The van der Waals surface area contributed by atoms with Crippen LogP contribution in [0.4, 0.5) is 11.5 Å². The van der Waals surface area contributed by atoms with E-state index >= 15 is 0 Å². The molecule has 1 saturated carbocycles. The number of hydrogen-bond acceptors (Lipinski definition) is 8. The van der Waals surface area contributed by atoms with E-state index in [0.717, 1.165) is 47.0 Å². The lowest BCUT2D eigenvalue weighted by atomic mass is 9.79. The molecule has 2 aromatic heterocycles. The standard InChI is InChI=1S/C36H46N8O2/c1-7-33(45)44-17-16-43(21-29(44)19-37-5)35-30-14-15-42(32-20-38-18-28-13-8-10-24(2)34(28)32)22-31(30)39-36(40-35)46-23-25(3)41(6)26(4)27-11-9-12-27/h7-8,10,13,18,20,25-27,29H,1,9,11-12,14-17,19,21-23H2,2-4,6H3/t25-,26-,29-/m0/s1. The van der Waals surface area contributed by atoms with Gasteiger partial charge in [0.05, 0.1) is 24.1 Å². The van der Waals surface area contributed by atoms with E-state index in [0.29, 0.717) is 44.8 Å². The van der Waals surface area contributed by atoms with Crippen molar-refractivity contribution in [3.8, 4) is 6.01 Å². The van der Waals surface area contributed by atoms with Crippen LogP contribution in [0.2, 0.25) is 0 Å². The van der Waals surface area contributed by atoms with Crippen LogP contribution in [0.25, 0.3) is 15.6 Å². The topological polar surface area (TPSA) is 82.3 Å². The van der Waals surface area contributed by atoms with Gasteiger partial charge in [-0.25, -0.2) is 6.57 Å². The van der Waals surface area contributed by atoms with Crippen LogP contribution in [-0.4, -0.2) is 95.2 Å². The molecule has 2 aliphatic heterocycles. The summed E-state index contributed by atoms with van der Waals surface area (Å²) in [5, 5.41) is 2.34. The number of anilines is 2. The summed E-state index contributed by atoms with van der Waals surface area (Å²) in [4.78, 5) is 39.7. The summed E-state index contributed by atoms with van der Waals surface area (Å²) in [5.74, 6) is 1.48. The molecule has 3 aromatic rings. The Labute approximate surface area is 272 Å². The van der Waals surface area contributed by atoms with Crippen molar-refractivity contribution in [3.05, 3.63) is 71.5 Å². The molecule has 4 heterocycles. The Hall–Kier alpha value is -4.23. The average Bonchev–Trinajstić information content (AvgIpc) is 3.05. The van der Waals surface area contributed by atoms with Gasteiger partial charge in [-0.15, -0.1) is 0 Å². The van der Waals surface area contributed by atoms with Gasteiger partial charge >= 0.3 is 6.01 Å². The summed E-state index contributed by atoms with van der Waals surface area (Å²) < 4.78 is 6.40. The van der Waals surface area contributed by atoms with E-state index in [1.807, 2.05) is 12.4 Å². The largest absolute Gasteiger partial charge is 0.462 e. The van der Waals surface area contributed by atoms with Crippen molar-refractivity contribution in [2.45, 2.75) is 71.1 Å². The minimum absolute atomic E-state index is 0.133. The monoisotopic (exact) mass is 622 g/mol. The van der Waals surface area contributed by atoms with Crippen LogP contribution >= 0.6 is 0 Å². The van der Waals surface area contributed by atoms with Gasteiger partial charge in [0.1, 0.15) is 18.5 Å². The third kappa shape index (κ3) is 6.25. The minimum Gasteiger partial charge on any atom is -0.462 e. The van der Waals surface area contributed by atoms with Gasteiger partial charge in [-0.05, 0) is 64.6 Å². The van der Waals surface area contributed by atoms with Crippen LogP contribution < -0.4 is 14.5 Å². The Kier molecular flexibility index (Phi) is 9.41. The van der Waals surface area contributed by atoms with Crippen molar-refractivity contribution >= 4 is 28.2 Å². The van der Waals surface area contributed by atoms with Crippen molar-refractivity contribution in [2.24, 2.45) is 5.92 Å². The second-order valence-corrected chi connectivity index (χ2v) is 13.2. The van der Waals surface area contributed by atoms with E-state index in [2.05, 4.69) is 77.1 Å². The number of piperazine rings is 1. The fourth-order valence-electron chi connectivity index (χ4n) is 7.25.